The van der Waals surface area contributed by atoms with Gasteiger partial charge < -0.3 is 15.6 Å². The molecule has 9 heteroatoms. The molecule has 0 saturated carbocycles. The van der Waals surface area contributed by atoms with Crippen molar-refractivity contribution < 1.29 is 22.7 Å². The van der Waals surface area contributed by atoms with E-state index in [1.165, 1.54) is 0 Å². The molecule has 0 aromatic heterocycles. The second-order valence-corrected chi connectivity index (χ2v) is 7.25. The summed E-state index contributed by atoms with van der Waals surface area (Å²) in [4.78, 5) is -0.555. The summed E-state index contributed by atoms with van der Waals surface area (Å²) < 4.78 is 45.3. The Kier molecular flexibility index (Phi) is 4.35. The monoisotopic (exact) mass is 368 g/mol. The molecule has 4 N–H and O–H groups in total. The molecule has 20 heavy (non-hydrogen) atoms. The van der Waals surface area contributed by atoms with E-state index in [1.54, 1.807) is 0 Å². The van der Waals surface area contributed by atoms with Gasteiger partial charge in [0.1, 0.15) is 16.3 Å². The summed E-state index contributed by atoms with van der Waals surface area (Å²) in [7, 11) is -4.10. The fourth-order valence-electron chi connectivity index (χ4n) is 1.79. The predicted octanol–water partition coefficient (Wildman–Crippen LogP) is 0.600. The van der Waals surface area contributed by atoms with Gasteiger partial charge in [0.2, 0.25) is 10.0 Å². The molecule has 0 radical (unpaired) electrons. The van der Waals surface area contributed by atoms with E-state index in [4.69, 9.17) is 10.5 Å². The van der Waals surface area contributed by atoms with E-state index >= 15 is 0 Å². The number of aliphatic hydroxyl groups is 1. The summed E-state index contributed by atoms with van der Waals surface area (Å²) in [5.41, 5.74) is 4.40. The largest absolute Gasteiger partial charge is 0.398 e. The number of anilines is 1. The molecule has 6 nitrogen and oxygen atoms in total. The Morgan fingerprint density at radius 2 is 2.25 bits per heavy atom. The highest BCUT2D eigenvalue weighted by molar-refractivity contribution is 9.10. The van der Waals surface area contributed by atoms with E-state index in [0.29, 0.717) is 13.0 Å². The summed E-state index contributed by atoms with van der Waals surface area (Å²) in [6.45, 7) is 0.156. The maximum Gasteiger partial charge on any atom is 0.243 e. The van der Waals surface area contributed by atoms with Gasteiger partial charge in [-0.3, -0.25) is 0 Å². The van der Waals surface area contributed by atoms with Gasteiger partial charge in [-0.2, -0.15) is 0 Å². The molecule has 2 rings (SSSR count). The van der Waals surface area contributed by atoms with Crippen molar-refractivity contribution in [2.45, 2.75) is 16.9 Å². The van der Waals surface area contributed by atoms with E-state index in [9.17, 15) is 17.9 Å². The van der Waals surface area contributed by atoms with Crippen molar-refractivity contribution in [3.05, 3.63) is 22.4 Å². The number of benzene rings is 1. The molecule has 1 fully saturated rings. The van der Waals surface area contributed by atoms with Gasteiger partial charge in [0.25, 0.3) is 0 Å². The van der Waals surface area contributed by atoms with Crippen molar-refractivity contribution in [2.24, 2.45) is 0 Å². The van der Waals surface area contributed by atoms with Crippen molar-refractivity contribution in [2.75, 3.05) is 25.5 Å². The summed E-state index contributed by atoms with van der Waals surface area (Å²) in [6, 6.07) is 2.01. The van der Waals surface area contributed by atoms with Gasteiger partial charge in [0.05, 0.1) is 6.61 Å². The van der Waals surface area contributed by atoms with Crippen LogP contribution in [0.4, 0.5) is 10.1 Å². The Balaban J connectivity index is 2.20. The summed E-state index contributed by atoms with van der Waals surface area (Å²) in [5, 5.41) is 9.99. The number of halogens is 2. The van der Waals surface area contributed by atoms with Gasteiger partial charge in [0, 0.05) is 29.7 Å². The highest BCUT2D eigenvalue weighted by Gasteiger charge is 2.34. The van der Waals surface area contributed by atoms with Gasteiger partial charge >= 0.3 is 0 Å². The molecule has 1 aromatic carbocycles. The SMILES string of the molecule is Nc1cc(S(=O)(=O)NCC2(O)CCOC2)c(F)cc1Br. The Hall–Kier alpha value is -0.740. The predicted molar refractivity (Wildman–Crippen MR) is 74.1 cm³/mol. The van der Waals surface area contributed by atoms with Crippen molar-refractivity contribution in [1.29, 1.82) is 0 Å². The first-order valence-corrected chi connectivity index (χ1v) is 8.05. The Bertz CT molecular complexity index is 617. The number of rotatable bonds is 4. The Morgan fingerprint density at radius 1 is 1.55 bits per heavy atom. The molecule has 0 amide bonds. The summed E-state index contributed by atoms with van der Waals surface area (Å²) in [6.07, 6.45) is 0.320. The fourth-order valence-corrected chi connectivity index (χ4v) is 3.32. The third-order valence-electron chi connectivity index (χ3n) is 3.01. The topological polar surface area (TPSA) is 102 Å². The quantitative estimate of drug-likeness (QED) is 0.675. The van der Waals surface area contributed by atoms with Crippen LogP contribution in [0, 0.1) is 5.82 Å². The molecule has 1 aromatic rings. The highest BCUT2D eigenvalue weighted by Crippen LogP contribution is 2.26. The van der Waals surface area contributed by atoms with Crippen molar-refractivity contribution in [1.82, 2.24) is 4.72 Å². The summed E-state index contributed by atoms with van der Waals surface area (Å²) >= 11 is 3.01. The van der Waals surface area contributed by atoms with Gasteiger partial charge in [0.15, 0.2) is 0 Å². The van der Waals surface area contributed by atoms with Gasteiger partial charge in [-0.25, -0.2) is 17.5 Å². The standard InChI is InChI=1S/C11H14BrFN2O4S/c12-7-3-8(13)10(4-9(7)14)20(17,18)15-5-11(16)1-2-19-6-11/h3-4,15-16H,1-2,5-6,14H2. The van der Waals surface area contributed by atoms with Crippen LogP contribution in [0.5, 0.6) is 0 Å². The van der Waals surface area contributed by atoms with Crippen LogP contribution in [-0.4, -0.2) is 38.9 Å². The lowest BCUT2D eigenvalue weighted by atomic mass is 10.1. The van der Waals surface area contributed by atoms with Crippen LogP contribution in [0.15, 0.2) is 21.5 Å². The number of nitrogen functional groups attached to an aromatic ring is 1. The number of sulfonamides is 1. The lowest BCUT2D eigenvalue weighted by Gasteiger charge is -2.20. The zero-order valence-electron chi connectivity index (χ0n) is 10.4. The number of hydrogen-bond acceptors (Lipinski definition) is 5. The van der Waals surface area contributed by atoms with Crippen LogP contribution in [0.1, 0.15) is 6.42 Å². The van der Waals surface area contributed by atoms with Gasteiger partial charge in [-0.05, 0) is 28.1 Å². The highest BCUT2D eigenvalue weighted by atomic mass is 79.9. The number of ether oxygens (including phenoxy) is 1. The molecule has 1 heterocycles. The van der Waals surface area contributed by atoms with E-state index in [0.717, 1.165) is 12.1 Å². The van der Waals surface area contributed by atoms with Crippen LogP contribution in [0.3, 0.4) is 0 Å². The average molecular weight is 369 g/mol. The van der Waals surface area contributed by atoms with Crippen LogP contribution in [0.2, 0.25) is 0 Å². The first kappa shape index (κ1) is 15.6. The smallest absolute Gasteiger partial charge is 0.243 e. The molecule has 0 aliphatic carbocycles. The average Bonchev–Trinajstić information content (AvgIpc) is 2.79. The molecular weight excluding hydrogens is 355 g/mol. The van der Waals surface area contributed by atoms with Crippen LogP contribution >= 0.6 is 15.9 Å². The normalized spacial score (nSPS) is 23.1. The third kappa shape index (κ3) is 3.29. The van der Waals surface area contributed by atoms with Gasteiger partial charge in [-0.1, -0.05) is 0 Å². The number of nitrogens with one attached hydrogen (secondary N) is 1. The number of hydrogen-bond donors (Lipinski definition) is 3. The summed E-state index contributed by atoms with van der Waals surface area (Å²) in [5.74, 6) is -0.923. The molecule has 1 aliphatic rings. The van der Waals surface area contributed by atoms with Crippen molar-refractivity contribution in [3.63, 3.8) is 0 Å². The minimum Gasteiger partial charge on any atom is -0.398 e. The fraction of sp³-hybridized carbons (Fsp3) is 0.455. The maximum absolute atomic E-state index is 13.7. The molecule has 1 saturated heterocycles. The molecule has 1 unspecified atom stereocenters. The van der Waals surface area contributed by atoms with Gasteiger partial charge in [-0.15, -0.1) is 0 Å². The molecule has 112 valence electrons. The first-order valence-electron chi connectivity index (χ1n) is 5.78. The molecule has 1 aliphatic heterocycles. The number of nitrogens with two attached hydrogens (primary N) is 1. The van der Waals surface area contributed by atoms with E-state index < -0.39 is 26.3 Å². The van der Waals surface area contributed by atoms with Crippen LogP contribution in [-0.2, 0) is 14.8 Å². The molecular formula is C11H14BrFN2O4S. The zero-order valence-corrected chi connectivity index (χ0v) is 12.8. The second kappa shape index (κ2) is 5.57. The van der Waals surface area contributed by atoms with Crippen molar-refractivity contribution >= 4 is 31.6 Å². The Labute approximate surface area is 124 Å². The van der Waals surface area contributed by atoms with E-state index in [2.05, 4.69) is 20.7 Å². The van der Waals surface area contributed by atoms with E-state index in [1.807, 2.05) is 0 Å². The van der Waals surface area contributed by atoms with Crippen LogP contribution in [0.25, 0.3) is 0 Å². The van der Waals surface area contributed by atoms with Crippen LogP contribution < -0.4 is 10.5 Å². The first-order chi connectivity index (χ1) is 9.23. The second-order valence-electron chi connectivity index (χ2n) is 4.66. The maximum atomic E-state index is 13.7. The lowest BCUT2D eigenvalue weighted by Crippen LogP contribution is -2.43. The third-order valence-corrected chi connectivity index (χ3v) is 5.12. The minimum atomic E-state index is -4.10. The Morgan fingerprint density at radius 3 is 2.85 bits per heavy atom. The van der Waals surface area contributed by atoms with E-state index in [-0.39, 0.29) is 23.3 Å². The molecule has 0 spiro atoms. The zero-order chi connectivity index (χ0) is 15.0. The molecule has 0 bridgehead atoms. The minimum absolute atomic E-state index is 0.0421. The molecule has 1 atom stereocenters. The van der Waals surface area contributed by atoms with Crippen molar-refractivity contribution in [3.8, 4) is 0 Å². The lowest BCUT2D eigenvalue weighted by molar-refractivity contribution is 0.0314.